The summed E-state index contributed by atoms with van der Waals surface area (Å²) in [6, 6.07) is 5.95. The van der Waals surface area contributed by atoms with Crippen molar-refractivity contribution in [3.8, 4) is 11.1 Å². The molecule has 0 spiro atoms. The lowest BCUT2D eigenvalue weighted by molar-refractivity contribution is 0.0453. The number of hydrogen-bond donors (Lipinski definition) is 1. The normalized spacial score (nSPS) is 16.5. The van der Waals surface area contributed by atoms with Crippen molar-refractivity contribution in [3.05, 3.63) is 50.2 Å². The molecule has 1 aliphatic rings. The van der Waals surface area contributed by atoms with Crippen LogP contribution >= 0.6 is 27.3 Å². The third kappa shape index (κ3) is 5.83. The zero-order valence-electron chi connectivity index (χ0n) is 17.5. The molecule has 0 unspecified atom stereocenters. The molecule has 0 bridgehead atoms. The first-order valence-electron chi connectivity index (χ1n) is 9.83. The molecule has 0 radical (unpaired) electrons. The van der Waals surface area contributed by atoms with Gasteiger partial charge in [-0.1, -0.05) is 12.1 Å². The fourth-order valence-electron chi connectivity index (χ4n) is 3.35. The van der Waals surface area contributed by atoms with Gasteiger partial charge in [-0.25, -0.2) is 14.0 Å². The van der Waals surface area contributed by atoms with Crippen LogP contribution in [-0.2, 0) is 4.74 Å². The van der Waals surface area contributed by atoms with Crippen LogP contribution in [-0.4, -0.2) is 41.6 Å². The van der Waals surface area contributed by atoms with Gasteiger partial charge in [0.1, 0.15) is 11.4 Å². The number of amides is 2. The highest BCUT2D eigenvalue weighted by atomic mass is 79.9. The van der Waals surface area contributed by atoms with Crippen LogP contribution in [0.2, 0.25) is 0 Å². The summed E-state index contributed by atoms with van der Waals surface area (Å²) in [4.78, 5) is 30.5. The third-order valence-electron chi connectivity index (χ3n) is 4.71. The van der Waals surface area contributed by atoms with Crippen molar-refractivity contribution in [2.24, 2.45) is 0 Å². The van der Waals surface area contributed by atoms with E-state index in [0.29, 0.717) is 32.9 Å². The molecule has 1 saturated heterocycles. The van der Waals surface area contributed by atoms with Gasteiger partial charge in [0.25, 0.3) is 5.91 Å². The van der Waals surface area contributed by atoms with Gasteiger partial charge in [0.15, 0.2) is 0 Å². The Hall–Kier alpha value is -2.44. The largest absolute Gasteiger partial charge is 0.444 e. The third-order valence-corrected chi connectivity index (χ3v) is 6.53. The van der Waals surface area contributed by atoms with Gasteiger partial charge in [-0.05, 0) is 67.2 Å². The minimum Gasteiger partial charge on any atom is -0.444 e. The van der Waals surface area contributed by atoms with Crippen LogP contribution in [0.5, 0.6) is 0 Å². The smallest absolute Gasteiger partial charge is 0.407 e. The first-order chi connectivity index (χ1) is 14.6. The number of halogens is 2. The lowest BCUT2D eigenvalue weighted by Crippen LogP contribution is -2.50. The van der Waals surface area contributed by atoms with Crippen molar-refractivity contribution in [2.75, 3.05) is 13.1 Å². The lowest BCUT2D eigenvalue weighted by atomic mass is 10.1. The van der Waals surface area contributed by atoms with Crippen LogP contribution in [0, 0.1) is 12.4 Å². The Morgan fingerprint density at radius 3 is 2.74 bits per heavy atom. The van der Waals surface area contributed by atoms with Crippen LogP contribution in [0.15, 0.2) is 28.1 Å². The number of thiophene rings is 1. The quantitative estimate of drug-likeness (QED) is 0.518. The van der Waals surface area contributed by atoms with Gasteiger partial charge in [-0.15, -0.1) is 11.3 Å². The first-order valence-corrected chi connectivity index (χ1v) is 11.4. The molecule has 2 amide bonds. The average Bonchev–Trinajstić information content (AvgIpc) is 3.07. The van der Waals surface area contributed by atoms with Crippen LogP contribution < -0.4 is 5.32 Å². The minimum atomic E-state index is -0.592. The van der Waals surface area contributed by atoms with E-state index in [4.69, 9.17) is 11.3 Å². The van der Waals surface area contributed by atoms with Crippen LogP contribution in [0.25, 0.3) is 16.0 Å². The van der Waals surface area contributed by atoms with Crippen LogP contribution in [0.1, 0.15) is 43.3 Å². The summed E-state index contributed by atoms with van der Waals surface area (Å²) in [6.07, 6.45) is 1.06. The van der Waals surface area contributed by atoms with E-state index in [1.165, 1.54) is 23.5 Å². The van der Waals surface area contributed by atoms with E-state index in [2.05, 4.69) is 26.1 Å². The summed E-state index contributed by atoms with van der Waals surface area (Å²) >= 11 is 4.75. The molecule has 0 aliphatic carbocycles. The molecule has 1 fully saturated rings. The summed E-state index contributed by atoms with van der Waals surface area (Å²) in [6.45, 7) is 13.4. The highest BCUT2D eigenvalue weighted by Gasteiger charge is 2.28. The van der Waals surface area contributed by atoms with Crippen molar-refractivity contribution < 1.29 is 18.7 Å². The molecule has 31 heavy (non-hydrogen) atoms. The standard InChI is InChI=1S/C22H23BrFN3O3S/c1-22(2,3)30-21(29)26-14-6-5-9-27(12-14)20(28)18-11-15(19(23)31-18)13-7-8-17(25-4)16(24)10-13/h7-8,10-11,14H,5-6,9,12H2,1-3H3,(H,26,29)/t14-/m1/s1. The number of carbonyl (C=O) groups excluding carboxylic acids is 2. The predicted molar refractivity (Wildman–Crippen MR) is 122 cm³/mol. The Labute approximate surface area is 193 Å². The molecule has 9 heteroatoms. The summed E-state index contributed by atoms with van der Waals surface area (Å²) < 4.78 is 20.1. The van der Waals surface area contributed by atoms with Crippen molar-refractivity contribution in [1.82, 2.24) is 10.2 Å². The van der Waals surface area contributed by atoms with Crippen molar-refractivity contribution >= 4 is 45.0 Å². The van der Waals surface area contributed by atoms with Crippen molar-refractivity contribution in [2.45, 2.75) is 45.3 Å². The number of rotatable bonds is 3. The zero-order valence-corrected chi connectivity index (χ0v) is 19.9. The average molecular weight is 508 g/mol. The maximum Gasteiger partial charge on any atom is 0.407 e. The molecule has 1 atom stereocenters. The Kier molecular flexibility index (Phi) is 7.02. The molecule has 2 heterocycles. The number of nitrogens with one attached hydrogen (secondary N) is 1. The molecule has 2 aromatic rings. The van der Waals surface area contributed by atoms with Gasteiger partial charge in [0.2, 0.25) is 5.69 Å². The summed E-state index contributed by atoms with van der Waals surface area (Å²) in [5, 5.41) is 2.84. The molecule has 3 rings (SSSR count). The first kappa shape index (κ1) is 23.2. The van der Waals surface area contributed by atoms with Gasteiger partial charge in [0.05, 0.1) is 15.2 Å². The number of carbonyl (C=O) groups is 2. The molecule has 1 aliphatic heterocycles. The fourth-order valence-corrected chi connectivity index (χ4v) is 5.09. The van der Waals surface area contributed by atoms with Crippen molar-refractivity contribution in [3.63, 3.8) is 0 Å². The second kappa shape index (κ2) is 9.37. The second-order valence-electron chi connectivity index (χ2n) is 8.31. The second-order valence-corrected chi connectivity index (χ2v) is 10.7. The summed E-state index contributed by atoms with van der Waals surface area (Å²) in [5.74, 6) is -0.726. The molecule has 6 nitrogen and oxygen atoms in total. The van der Waals surface area contributed by atoms with Gasteiger partial charge in [-0.2, -0.15) is 0 Å². The Morgan fingerprint density at radius 2 is 2.10 bits per heavy atom. The summed E-state index contributed by atoms with van der Waals surface area (Å²) in [7, 11) is 0. The van der Waals surface area contributed by atoms with E-state index in [-0.39, 0.29) is 17.6 Å². The number of benzene rings is 1. The maximum atomic E-state index is 14.0. The fraction of sp³-hybridized carbons (Fsp3) is 0.409. The van der Waals surface area contributed by atoms with Gasteiger partial charge < -0.3 is 15.0 Å². The molecule has 1 N–H and O–H groups in total. The number of alkyl carbamates (subject to hydrolysis) is 1. The van der Waals surface area contributed by atoms with E-state index in [0.717, 1.165) is 12.8 Å². The van der Waals surface area contributed by atoms with E-state index in [1.54, 1.807) is 37.8 Å². The minimum absolute atomic E-state index is 0.0387. The molecule has 1 aromatic carbocycles. The topological polar surface area (TPSA) is 63.0 Å². The van der Waals surface area contributed by atoms with E-state index >= 15 is 0 Å². The number of ether oxygens (including phenoxy) is 1. The Morgan fingerprint density at radius 1 is 1.35 bits per heavy atom. The molecule has 1 aromatic heterocycles. The van der Waals surface area contributed by atoms with Crippen LogP contribution in [0.4, 0.5) is 14.9 Å². The maximum absolute atomic E-state index is 14.0. The number of likely N-dealkylation sites (tertiary alicyclic amines) is 1. The Bertz CT molecular complexity index is 1040. The summed E-state index contributed by atoms with van der Waals surface area (Å²) in [5.41, 5.74) is 0.669. The highest BCUT2D eigenvalue weighted by molar-refractivity contribution is 9.11. The molecular weight excluding hydrogens is 485 g/mol. The van der Waals surface area contributed by atoms with Crippen LogP contribution in [0.3, 0.4) is 0 Å². The van der Waals surface area contributed by atoms with Crippen molar-refractivity contribution in [1.29, 1.82) is 0 Å². The molecule has 0 saturated carbocycles. The lowest BCUT2D eigenvalue weighted by Gasteiger charge is -2.33. The van der Waals surface area contributed by atoms with Gasteiger partial charge in [0, 0.05) is 24.7 Å². The monoisotopic (exact) mass is 507 g/mol. The van der Waals surface area contributed by atoms with E-state index in [9.17, 15) is 14.0 Å². The molecular formula is C22H23BrFN3O3S. The Balaban J connectivity index is 1.72. The highest BCUT2D eigenvalue weighted by Crippen LogP contribution is 2.38. The number of hydrogen-bond acceptors (Lipinski definition) is 4. The van der Waals surface area contributed by atoms with Gasteiger partial charge >= 0.3 is 6.09 Å². The molecule has 164 valence electrons. The number of piperidine rings is 1. The van der Waals surface area contributed by atoms with E-state index < -0.39 is 17.5 Å². The SMILES string of the molecule is [C-]#[N+]c1ccc(-c2cc(C(=O)N3CCC[C@@H](NC(=O)OC(C)(C)C)C3)sc2Br)cc1F. The number of nitrogens with zero attached hydrogens (tertiary/aromatic N) is 2. The van der Waals surface area contributed by atoms with E-state index in [1.807, 2.05) is 0 Å². The zero-order chi connectivity index (χ0) is 22.8. The van der Waals surface area contributed by atoms with Gasteiger partial charge in [-0.3, -0.25) is 4.79 Å². The predicted octanol–water partition coefficient (Wildman–Crippen LogP) is 6.00.